The molecule has 0 aromatic carbocycles. The van der Waals surface area contributed by atoms with Crippen LogP contribution in [0.25, 0.3) is 5.69 Å². The molecule has 0 aliphatic rings. The van der Waals surface area contributed by atoms with Crippen LogP contribution in [0.2, 0.25) is 0 Å². The van der Waals surface area contributed by atoms with Gasteiger partial charge in [-0.2, -0.15) is 5.10 Å². The van der Waals surface area contributed by atoms with Crippen molar-refractivity contribution in [2.24, 2.45) is 0 Å². The van der Waals surface area contributed by atoms with Gasteiger partial charge < -0.3 is 5.11 Å². The Morgan fingerprint density at radius 2 is 2.24 bits per heavy atom. The Bertz CT molecular complexity index is 589. The molecule has 86 valence electrons. The Labute approximate surface area is 96.5 Å². The van der Waals surface area contributed by atoms with Crippen LogP contribution in [0.5, 0.6) is 0 Å². The van der Waals surface area contributed by atoms with E-state index in [1.165, 1.54) is 23.3 Å². The van der Waals surface area contributed by atoms with Crippen LogP contribution in [0.15, 0.2) is 24.7 Å². The molecular formula is C11H9N3O3. The van der Waals surface area contributed by atoms with Gasteiger partial charge in [0.25, 0.3) is 0 Å². The summed E-state index contributed by atoms with van der Waals surface area (Å²) in [5.41, 5.74) is 1.49. The number of aromatic nitrogens is 3. The Morgan fingerprint density at radius 1 is 1.47 bits per heavy atom. The van der Waals surface area contributed by atoms with E-state index in [1.807, 2.05) is 0 Å². The van der Waals surface area contributed by atoms with Crippen LogP contribution in [0, 0.1) is 6.92 Å². The minimum absolute atomic E-state index is 0.126. The molecule has 2 heterocycles. The summed E-state index contributed by atoms with van der Waals surface area (Å²) in [5.74, 6) is -1.03. The average molecular weight is 231 g/mol. The van der Waals surface area contributed by atoms with Crippen LogP contribution in [0.4, 0.5) is 0 Å². The molecule has 2 aromatic rings. The summed E-state index contributed by atoms with van der Waals surface area (Å²) >= 11 is 0. The van der Waals surface area contributed by atoms with E-state index in [9.17, 15) is 9.59 Å². The van der Waals surface area contributed by atoms with E-state index in [0.717, 1.165) is 0 Å². The predicted molar refractivity (Wildman–Crippen MR) is 58.4 cm³/mol. The van der Waals surface area contributed by atoms with Gasteiger partial charge in [-0.1, -0.05) is 0 Å². The number of hydrogen-bond acceptors (Lipinski definition) is 4. The molecule has 0 radical (unpaired) electrons. The fourth-order valence-electron chi connectivity index (χ4n) is 1.44. The van der Waals surface area contributed by atoms with Gasteiger partial charge in [-0.15, -0.1) is 0 Å². The summed E-state index contributed by atoms with van der Waals surface area (Å²) in [5, 5.41) is 13.0. The molecule has 0 aliphatic heterocycles. The number of rotatable bonds is 3. The third-order valence-electron chi connectivity index (χ3n) is 2.27. The first-order chi connectivity index (χ1) is 8.11. The minimum atomic E-state index is -1.03. The molecule has 1 N–H and O–H groups in total. The zero-order chi connectivity index (χ0) is 12.4. The number of carbonyl (C=O) groups excluding carboxylic acids is 1. The first-order valence-electron chi connectivity index (χ1n) is 4.82. The number of pyridine rings is 1. The van der Waals surface area contributed by atoms with E-state index in [-0.39, 0.29) is 5.56 Å². The first kappa shape index (κ1) is 11.0. The molecule has 0 saturated heterocycles. The molecule has 6 nitrogen and oxygen atoms in total. The highest BCUT2D eigenvalue weighted by molar-refractivity contribution is 5.88. The van der Waals surface area contributed by atoms with Crippen LogP contribution < -0.4 is 0 Å². The van der Waals surface area contributed by atoms with Crippen LogP contribution in [0.1, 0.15) is 26.4 Å². The smallest absolute Gasteiger partial charge is 0.339 e. The zero-order valence-corrected chi connectivity index (χ0v) is 8.99. The van der Waals surface area contributed by atoms with Gasteiger partial charge in [0.15, 0.2) is 6.29 Å². The van der Waals surface area contributed by atoms with Crippen molar-refractivity contribution in [3.05, 3.63) is 41.5 Å². The van der Waals surface area contributed by atoms with Crippen molar-refractivity contribution in [1.29, 1.82) is 0 Å². The number of carboxylic acid groups (broad SMARTS) is 1. The molecule has 0 bridgehead atoms. The van der Waals surface area contributed by atoms with Gasteiger partial charge in [-0.25, -0.2) is 9.48 Å². The molecule has 17 heavy (non-hydrogen) atoms. The van der Waals surface area contributed by atoms with Crippen LogP contribution in [-0.2, 0) is 0 Å². The van der Waals surface area contributed by atoms with E-state index in [1.54, 1.807) is 13.0 Å². The van der Waals surface area contributed by atoms with E-state index in [0.29, 0.717) is 23.2 Å². The summed E-state index contributed by atoms with van der Waals surface area (Å²) in [4.78, 5) is 25.3. The summed E-state index contributed by atoms with van der Waals surface area (Å²) in [6, 6.07) is 1.58. The Hall–Kier alpha value is -2.50. The molecule has 2 rings (SSSR count). The Kier molecular flexibility index (Phi) is 2.70. The third-order valence-corrected chi connectivity index (χ3v) is 2.27. The van der Waals surface area contributed by atoms with Crippen molar-refractivity contribution < 1.29 is 14.7 Å². The highest BCUT2D eigenvalue weighted by Gasteiger charge is 2.12. The fourth-order valence-corrected chi connectivity index (χ4v) is 1.44. The van der Waals surface area contributed by atoms with Gasteiger partial charge >= 0.3 is 5.97 Å². The molecule has 0 atom stereocenters. The SMILES string of the molecule is Cc1nn(-c2cncc(C=O)c2)cc1C(=O)O. The van der Waals surface area contributed by atoms with Gasteiger partial charge in [-0.05, 0) is 13.0 Å². The highest BCUT2D eigenvalue weighted by Crippen LogP contribution is 2.11. The summed E-state index contributed by atoms with van der Waals surface area (Å²) in [6.07, 6.45) is 4.99. The van der Waals surface area contributed by atoms with E-state index >= 15 is 0 Å². The maximum atomic E-state index is 10.9. The topological polar surface area (TPSA) is 85.1 Å². The van der Waals surface area contributed by atoms with Crippen LogP contribution in [0.3, 0.4) is 0 Å². The first-order valence-corrected chi connectivity index (χ1v) is 4.82. The summed E-state index contributed by atoms with van der Waals surface area (Å²) in [6.45, 7) is 1.61. The number of carboxylic acids is 1. The second-order valence-corrected chi connectivity index (χ2v) is 3.47. The number of aryl methyl sites for hydroxylation is 1. The highest BCUT2D eigenvalue weighted by atomic mass is 16.4. The molecular weight excluding hydrogens is 222 g/mol. The quantitative estimate of drug-likeness (QED) is 0.799. The van der Waals surface area contributed by atoms with Crippen molar-refractivity contribution in [2.45, 2.75) is 6.92 Å². The predicted octanol–water partition coefficient (Wildman–Crippen LogP) is 1.09. The average Bonchev–Trinajstić information content (AvgIpc) is 2.71. The molecule has 0 unspecified atom stereocenters. The molecule has 0 spiro atoms. The molecule has 6 heteroatoms. The largest absolute Gasteiger partial charge is 0.478 e. The maximum absolute atomic E-state index is 10.9. The van der Waals surface area contributed by atoms with Crippen molar-refractivity contribution >= 4 is 12.3 Å². The molecule has 2 aromatic heterocycles. The Morgan fingerprint density at radius 3 is 2.82 bits per heavy atom. The standard InChI is InChI=1S/C11H9N3O3/c1-7-10(11(16)17)5-14(13-7)9-2-8(6-15)3-12-4-9/h2-6H,1H3,(H,16,17). The fraction of sp³-hybridized carbons (Fsp3) is 0.0909. The third kappa shape index (κ3) is 2.05. The van der Waals surface area contributed by atoms with Crippen LogP contribution >= 0.6 is 0 Å². The maximum Gasteiger partial charge on any atom is 0.339 e. The number of carbonyl (C=O) groups is 2. The molecule has 0 amide bonds. The number of aromatic carboxylic acids is 1. The van der Waals surface area contributed by atoms with Gasteiger partial charge in [0.1, 0.15) is 5.56 Å². The molecule has 0 fully saturated rings. The minimum Gasteiger partial charge on any atom is -0.478 e. The number of hydrogen-bond donors (Lipinski definition) is 1. The van der Waals surface area contributed by atoms with Crippen molar-refractivity contribution in [3.8, 4) is 5.69 Å². The van der Waals surface area contributed by atoms with Crippen molar-refractivity contribution in [1.82, 2.24) is 14.8 Å². The number of nitrogens with zero attached hydrogens (tertiary/aromatic N) is 3. The van der Waals surface area contributed by atoms with Crippen LogP contribution in [-0.4, -0.2) is 32.1 Å². The lowest BCUT2D eigenvalue weighted by molar-refractivity contribution is 0.0696. The van der Waals surface area contributed by atoms with Gasteiger partial charge in [0.05, 0.1) is 17.6 Å². The van der Waals surface area contributed by atoms with E-state index < -0.39 is 5.97 Å². The molecule has 0 saturated carbocycles. The monoisotopic (exact) mass is 231 g/mol. The lowest BCUT2D eigenvalue weighted by Crippen LogP contribution is -1.97. The van der Waals surface area contributed by atoms with Crippen molar-refractivity contribution in [3.63, 3.8) is 0 Å². The zero-order valence-electron chi connectivity index (χ0n) is 8.99. The lowest BCUT2D eigenvalue weighted by Gasteiger charge is -2.00. The number of aldehydes is 1. The summed E-state index contributed by atoms with van der Waals surface area (Å²) < 4.78 is 1.39. The second kappa shape index (κ2) is 4.17. The second-order valence-electron chi connectivity index (χ2n) is 3.47. The summed E-state index contributed by atoms with van der Waals surface area (Å²) in [7, 11) is 0. The van der Waals surface area contributed by atoms with E-state index in [2.05, 4.69) is 10.1 Å². The van der Waals surface area contributed by atoms with E-state index in [4.69, 9.17) is 5.11 Å². The van der Waals surface area contributed by atoms with Crippen molar-refractivity contribution in [2.75, 3.05) is 0 Å². The Balaban J connectivity index is 2.49. The molecule has 0 aliphatic carbocycles. The van der Waals surface area contributed by atoms with Gasteiger partial charge in [0, 0.05) is 18.0 Å². The lowest BCUT2D eigenvalue weighted by atomic mass is 10.3. The van der Waals surface area contributed by atoms with Gasteiger partial charge in [-0.3, -0.25) is 9.78 Å². The van der Waals surface area contributed by atoms with Gasteiger partial charge in [0.2, 0.25) is 0 Å². The normalized spacial score (nSPS) is 10.2.